The number of rotatable bonds is 2. The third-order valence-electron chi connectivity index (χ3n) is 3.16. The average molecular weight is 333 g/mol. The first-order valence-electron chi connectivity index (χ1n) is 6.43. The van der Waals surface area contributed by atoms with Gasteiger partial charge in [-0.1, -0.05) is 53.5 Å². The number of hydrogen-bond acceptors (Lipinski definition) is 2. The molecule has 22 heavy (non-hydrogen) atoms. The van der Waals surface area contributed by atoms with Gasteiger partial charge in [0.25, 0.3) is 11.8 Å². The van der Waals surface area contributed by atoms with Crippen molar-refractivity contribution >= 4 is 46.8 Å². The second kappa shape index (κ2) is 5.83. The van der Waals surface area contributed by atoms with Crippen molar-refractivity contribution in [3.63, 3.8) is 0 Å². The van der Waals surface area contributed by atoms with Crippen LogP contribution in [0.25, 0.3) is 6.08 Å². The molecular formula is C16H10Cl2N2O2. The number of anilines is 1. The number of amides is 2. The molecule has 0 aromatic heterocycles. The summed E-state index contributed by atoms with van der Waals surface area (Å²) in [5.74, 6) is -0.896. The minimum absolute atomic E-state index is 0.0669. The van der Waals surface area contributed by atoms with E-state index in [0.29, 0.717) is 15.7 Å². The van der Waals surface area contributed by atoms with E-state index < -0.39 is 11.8 Å². The fraction of sp³-hybridized carbons (Fsp3) is 0. The first kappa shape index (κ1) is 14.6. The molecule has 4 nitrogen and oxygen atoms in total. The van der Waals surface area contributed by atoms with Gasteiger partial charge < -0.3 is 0 Å². The zero-order valence-electron chi connectivity index (χ0n) is 11.2. The van der Waals surface area contributed by atoms with E-state index in [0.717, 1.165) is 10.6 Å². The summed E-state index contributed by atoms with van der Waals surface area (Å²) in [6, 6.07) is 13.9. The maximum absolute atomic E-state index is 12.4. The van der Waals surface area contributed by atoms with Crippen LogP contribution in [-0.4, -0.2) is 11.8 Å². The average Bonchev–Trinajstić information content (AvgIpc) is 2.79. The van der Waals surface area contributed by atoms with Crippen molar-refractivity contribution in [3.05, 3.63) is 69.7 Å². The van der Waals surface area contributed by atoms with E-state index in [1.54, 1.807) is 18.2 Å². The van der Waals surface area contributed by atoms with Crippen LogP contribution in [-0.2, 0) is 9.59 Å². The SMILES string of the molecule is O=C1NN(c2ccc(Cl)c(Cl)c2)C(=O)/C1=C\c1ccccc1. The molecule has 6 heteroatoms. The number of hydrogen-bond donors (Lipinski definition) is 1. The van der Waals surface area contributed by atoms with Crippen molar-refractivity contribution in [2.45, 2.75) is 0 Å². The maximum Gasteiger partial charge on any atom is 0.282 e. The Labute approximate surface area is 136 Å². The summed E-state index contributed by atoms with van der Waals surface area (Å²) in [6.07, 6.45) is 1.55. The fourth-order valence-corrected chi connectivity index (χ4v) is 2.37. The van der Waals surface area contributed by atoms with Gasteiger partial charge in [0.05, 0.1) is 15.7 Å². The number of benzene rings is 2. The number of nitrogens with zero attached hydrogens (tertiary/aromatic N) is 1. The van der Waals surface area contributed by atoms with Gasteiger partial charge in [-0.25, -0.2) is 5.01 Å². The number of carbonyl (C=O) groups excluding carboxylic acids is 2. The lowest BCUT2D eigenvalue weighted by molar-refractivity contribution is -0.117. The highest BCUT2D eigenvalue weighted by molar-refractivity contribution is 6.42. The molecule has 0 saturated carbocycles. The van der Waals surface area contributed by atoms with Crippen LogP contribution in [0.1, 0.15) is 5.56 Å². The van der Waals surface area contributed by atoms with E-state index in [1.165, 1.54) is 6.07 Å². The zero-order valence-corrected chi connectivity index (χ0v) is 12.7. The Morgan fingerprint density at radius 3 is 2.36 bits per heavy atom. The molecule has 2 amide bonds. The molecule has 0 radical (unpaired) electrons. The Bertz CT molecular complexity index is 788. The normalized spacial score (nSPS) is 16.3. The van der Waals surface area contributed by atoms with Gasteiger partial charge in [0.2, 0.25) is 0 Å². The summed E-state index contributed by atoms with van der Waals surface area (Å²) < 4.78 is 0. The summed E-state index contributed by atoms with van der Waals surface area (Å²) in [5.41, 5.74) is 3.80. The summed E-state index contributed by atoms with van der Waals surface area (Å²) >= 11 is 11.8. The van der Waals surface area contributed by atoms with Crippen LogP contribution >= 0.6 is 23.2 Å². The van der Waals surface area contributed by atoms with Crippen LogP contribution in [0.2, 0.25) is 10.0 Å². The lowest BCUT2D eigenvalue weighted by Gasteiger charge is -2.15. The molecule has 0 spiro atoms. The summed E-state index contributed by atoms with van der Waals surface area (Å²) in [7, 11) is 0. The molecule has 1 fully saturated rings. The molecule has 2 aromatic carbocycles. The largest absolute Gasteiger partial charge is 0.282 e. The van der Waals surface area contributed by atoms with Gasteiger partial charge in [0, 0.05) is 0 Å². The molecular weight excluding hydrogens is 323 g/mol. The highest BCUT2D eigenvalue weighted by Crippen LogP contribution is 2.29. The quantitative estimate of drug-likeness (QED) is 0.676. The topological polar surface area (TPSA) is 49.4 Å². The van der Waals surface area contributed by atoms with Gasteiger partial charge in [-0.05, 0) is 29.8 Å². The molecule has 1 aliphatic heterocycles. The Morgan fingerprint density at radius 1 is 0.955 bits per heavy atom. The molecule has 1 N–H and O–H groups in total. The number of carbonyl (C=O) groups is 2. The standard InChI is InChI=1S/C16H10Cl2N2O2/c17-13-7-6-11(9-14(13)18)20-16(22)12(15(21)19-20)8-10-4-2-1-3-5-10/h1-9H,(H,19,21)/b12-8-. The molecule has 1 heterocycles. The molecule has 1 saturated heterocycles. The van der Waals surface area contributed by atoms with Gasteiger partial charge in [0.15, 0.2) is 0 Å². The Balaban J connectivity index is 1.94. The number of hydrazine groups is 1. The van der Waals surface area contributed by atoms with Gasteiger partial charge in [-0.2, -0.15) is 0 Å². The van der Waals surface area contributed by atoms with E-state index in [4.69, 9.17) is 23.2 Å². The minimum atomic E-state index is -0.458. The van der Waals surface area contributed by atoms with Crippen molar-refractivity contribution in [2.75, 3.05) is 5.01 Å². The second-order valence-electron chi connectivity index (χ2n) is 4.65. The van der Waals surface area contributed by atoms with Crippen molar-refractivity contribution < 1.29 is 9.59 Å². The Kier molecular flexibility index (Phi) is 3.88. The van der Waals surface area contributed by atoms with Crippen LogP contribution in [0.3, 0.4) is 0 Å². The summed E-state index contributed by atoms with van der Waals surface area (Å²) in [5, 5.41) is 1.84. The van der Waals surface area contributed by atoms with E-state index in [-0.39, 0.29) is 5.57 Å². The fourth-order valence-electron chi connectivity index (χ4n) is 2.08. The highest BCUT2D eigenvalue weighted by atomic mass is 35.5. The van der Waals surface area contributed by atoms with Crippen LogP contribution in [0.15, 0.2) is 54.1 Å². The minimum Gasteiger partial charge on any atom is -0.267 e. The third-order valence-corrected chi connectivity index (χ3v) is 3.90. The molecule has 3 rings (SSSR count). The molecule has 1 aliphatic rings. The first-order chi connectivity index (χ1) is 10.6. The predicted molar refractivity (Wildman–Crippen MR) is 86.5 cm³/mol. The van der Waals surface area contributed by atoms with Gasteiger partial charge in [-0.3, -0.25) is 15.0 Å². The van der Waals surface area contributed by atoms with E-state index in [2.05, 4.69) is 5.43 Å². The lowest BCUT2D eigenvalue weighted by Crippen LogP contribution is -2.35. The molecule has 110 valence electrons. The molecule has 0 bridgehead atoms. The Morgan fingerprint density at radius 2 is 1.68 bits per heavy atom. The zero-order chi connectivity index (χ0) is 15.7. The van der Waals surface area contributed by atoms with Gasteiger partial charge in [-0.15, -0.1) is 0 Å². The Hall–Kier alpha value is -2.30. The van der Waals surface area contributed by atoms with E-state index in [9.17, 15) is 9.59 Å². The monoisotopic (exact) mass is 332 g/mol. The summed E-state index contributed by atoms with van der Waals surface area (Å²) in [6.45, 7) is 0. The van der Waals surface area contributed by atoms with Crippen LogP contribution in [0, 0.1) is 0 Å². The predicted octanol–water partition coefficient (Wildman–Crippen LogP) is 3.45. The summed E-state index contributed by atoms with van der Waals surface area (Å²) in [4.78, 5) is 24.4. The molecule has 0 atom stereocenters. The van der Waals surface area contributed by atoms with Crippen LogP contribution < -0.4 is 10.4 Å². The lowest BCUT2D eigenvalue weighted by atomic mass is 10.1. The van der Waals surface area contributed by atoms with E-state index >= 15 is 0 Å². The second-order valence-corrected chi connectivity index (χ2v) is 5.46. The maximum atomic E-state index is 12.4. The molecule has 0 aliphatic carbocycles. The van der Waals surface area contributed by atoms with Crippen molar-refractivity contribution in [1.82, 2.24) is 5.43 Å². The smallest absolute Gasteiger partial charge is 0.267 e. The van der Waals surface area contributed by atoms with E-state index in [1.807, 2.05) is 30.3 Å². The first-order valence-corrected chi connectivity index (χ1v) is 7.19. The van der Waals surface area contributed by atoms with Gasteiger partial charge in [0.1, 0.15) is 5.57 Å². The molecule has 0 unspecified atom stereocenters. The number of halogens is 2. The highest BCUT2D eigenvalue weighted by Gasteiger charge is 2.34. The molecule has 2 aromatic rings. The van der Waals surface area contributed by atoms with Crippen LogP contribution in [0.5, 0.6) is 0 Å². The number of nitrogens with one attached hydrogen (secondary N) is 1. The van der Waals surface area contributed by atoms with Gasteiger partial charge >= 0.3 is 0 Å². The van der Waals surface area contributed by atoms with Crippen molar-refractivity contribution in [2.24, 2.45) is 0 Å². The third kappa shape index (κ3) is 2.71. The van der Waals surface area contributed by atoms with Crippen LogP contribution in [0.4, 0.5) is 5.69 Å². The van der Waals surface area contributed by atoms with Crippen molar-refractivity contribution in [1.29, 1.82) is 0 Å². The van der Waals surface area contributed by atoms with Crippen molar-refractivity contribution in [3.8, 4) is 0 Å².